The molecule has 1 unspecified atom stereocenters. The zero-order chi connectivity index (χ0) is 15.4. The molecule has 1 atom stereocenters. The fraction of sp³-hybridized carbons (Fsp3) is 0.294. The van der Waals surface area contributed by atoms with E-state index in [1.54, 1.807) is 31.6 Å². The van der Waals surface area contributed by atoms with Gasteiger partial charge >= 0.3 is 0 Å². The van der Waals surface area contributed by atoms with Crippen LogP contribution >= 0.6 is 0 Å². The highest BCUT2D eigenvalue weighted by molar-refractivity contribution is 5.93. The van der Waals surface area contributed by atoms with Crippen molar-refractivity contribution in [1.29, 1.82) is 0 Å². The average molecular weight is 298 g/mol. The maximum atomic E-state index is 12.5. The number of hydrogen-bond acceptors (Lipinski definition) is 4. The Hall–Kier alpha value is -2.40. The van der Waals surface area contributed by atoms with Crippen molar-refractivity contribution in [3.8, 4) is 5.75 Å². The molecule has 1 aliphatic rings. The van der Waals surface area contributed by atoms with E-state index < -0.39 is 0 Å². The van der Waals surface area contributed by atoms with Gasteiger partial charge in [0.15, 0.2) is 0 Å². The number of nitrogens with zero attached hydrogens (tertiary/aromatic N) is 2. The summed E-state index contributed by atoms with van der Waals surface area (Å²) in [5, 5.41) is 0. The van der Waals surface area contributed by atoms with Crippen molar-refractivity contribution in [3.05, 3.63) is 59.9 Å². The Labute approximate surface area is 129 Å². The smallest absolute Gasteiger partial charge is 0.255 e. The van der Waals surface area contributed by atoms with E-state index >= 15 is 0 Å². The summed E-state index contributed by atoms with van der Waals surface area (Å²) in [5.74, 6) is 0.803. The van der Waals surface area contributed by atoms with Crippen LogP contribution in [0.1, 0.15) is 22.0 Å². The van der Waals surface area contributed by atoms with Gasteiger partial charge in [0.05, 0.1) is 25.8 Å². The number of benzene rings is 1. The molecular weight excluding hydrogens is 280 g/mol. The average Bonchev–Trinajstić information content (AvgIpc) is 2.62. The highest BCUT2D eigenvalue weighted by Crippen LogP contribution is 2.25. The number of carbonyl (C=O) groups excluding carboxylic acids is 1. The summed E-state index contributed by atoms with van der Waals surface area (Å²) < 4.78 is 11.0. The Balaban J connectivity index is 1.72. The lowest BCUT2D eigenvalue weighted by atomic mass is 10.1. The molecule has 22 heavy (non-hydrogen) atoms. The molecule has 0 bridgehead atoms. The molecule has 1 saturated heterocycles. The normalized spacial score (nSPS) is 18.0. The monoisotopic (exact) mass is 298 g/mol. The van der Waals surface area contributed by atoms with Crippen LogP contribution in [0.5, 0.6) is 5.75 Å². The van der Waals surface area contributed by atoms with Crippen molar-refractivity contribution in [2.75, 3.05) is 26.8 Å². The topological polar surface area (TPSA) is 51.7 Å². The zero-order valence-corrected chi connectivity index (χ0v) is 12.4. The van der Waals surface area contributed by atoms with Crippen LogP contribution in [0.4, 0.5) is 0 Å². The lowest BCUT2D eigenvalue weighted by Crippen LogP contribution is -2.42. The number of hydrogen-bond donors (Lipinski definition) is 0. The Kier molecular flexibility index (Phi) is 4.34. The fourth-order valence-corrected chi connectivity index (χ4v) is 2.53. The van der Waals surface area contributed by atoms with Crippen LogP contribution < -0.4 is 4.74 Å². The molecule has 1 fully saturated rings. The van der Waals surface area contributed by atoms with Crippen LogP contribution in [0, 0.1) is 0 Å². The molecule has 0 saturated carbocycles. The van der Waals surface area contributed by atoms with Crippen molar-refractivity contribution in [1.82, 2.24) is 9.88 Å². The number of aromatic nitrogens is 1. The predicted octanol–water partition coefficient (Wildman–Crippen LogP) is 2.30. The van der Waals surface area contributed by atoms with E-state index in [0.717, 1.165) is 11.3 Å². The molecule has 1 aromatic carbocycles. The molecule has 2 heterocycles. The standard InChI is InChI=1S/C17H18N2O3/c1-21-15-6-4-13(5-7-15)16-12-19(9-10-22-16)17(20)14-3-2-8-18-11-14/h2-8,11,16H,9-10,12H2,1H3. The van der Waals surface area contributed by atoms with E-state index in [1.165, 1.54) is 0 Å². The van der Waals surface area contributed by atoms with Gasteiger partial charge < -0.3 is 14.4 Å². The first-order valence-electron chi connectivity index (χ1n) is 7.23. The number of morpholine rings is 1. The van der Waals surface area contributed by atoms with Crippen LogP contribution in [0.2, 0.25) is 0 Å². The molecule has 1 aliphatic heterocycles. The first-order chi connectivity index (χ1) is 10.8. The van der Waals surface area contributed by atoms with Crippen molar-refractivity contribution < 1.29 is 14.3 Å². The quantitative estimate of drug-likeness (QED) is 0.872. The van der Waals surface area contributed by atoms with Gasteiger partial charge in [-0.25, -0.2) is 0 Å². The van der Waals surface area contributed by atoms with E-state index in [-0.39, 0.29) is 12.0 Å². The number of ether oxygens (including phenoxy) is 2. The summed E-state index contributed by atoms with van der Waals surface area (Å²) in [6, 6.07) is 11.3. The van der Waals surface area contributed by atoms with Gasteiger partial charge in [-0.3, -0.25) is 9.78 Å². The molecule has 5 heteroatoms. The number of methoxy groups -OCH3 is 1. The van der Waals surface area contributed by atoms with Crippen molar-refractivity contribution in [2.45, 2.75) is 6.10 Å². The van der Waals surface area contributed by atoms with Crippen molar-refractivity contribution in [2.24, 2.45) is 0 Å². The van der Waals surface area contributed by atoms with Crippen molar-refractivity contribution in [3.63, 3.8) is 0 Å². The number of carbonyl (C=O) groups is 1. The molecule has 1 aromatic heterocycles. The van der Waals surface area contributed by atoms with Gasteiger partial charge in [0, 0.05) is 18.9 Å². The van der Waals surface area contributed by atoms with E-state index in [0.29, 0.717) is 25.3 Å². The first kappa shape index (κ1) is 14.5. The minimum Gasteiger partial charge on any atom is -0.497 e. The molecular formula is C17H18N2O3. The molecule has 1 amide bonds. The Bertz CT molecular complexity index is 628. The van der Waals surface area contributed by atoms with Crippen molar-refractivity contribution >= 4 is 5.91 Å². The molecule has 0 spiro atoms. The summed E-state index contributed by atoms with van der Waals surface area (Å²) in [5.41, 5.74) is 1.65. The SMILES string of the molecule is COc1ccc(C2CN(C(=O)c3cccnc3)CCO2)cc1. The number of rotatable bonds is 3. The summed E-state index contributed by atoms with van der Waals surface area (Å²) in [6.07, 6.45) is 3.15. The first-order valence-corrected chi connectivity index (χ1v) is 7.23. The van der Waals surface area contributed by atoms with Crippen LogP contribution in [0.25, 0.3) is 0 Å². The Morgan fingerprint density at radius 2 is 2.14 bits per heavy atom. The third kappa shape index (κ3) is 3.09. The van der Waals surface area contributed by atoms with E-state index in [4.69, 9.17) is 9.47 Å². The van der Waals surface area contributed by atoms with Gasteiger partial charge in [-0.05, 0) is 29.8 Å². The second kappa shape index (κ2) is 6.58. The van der Waals surface area contributed by atoms with Crippen LogP contribution in [0.15, 0.2) is 48.8 Å². The summed E-state index contributed by atoms with van der Waals surface area (Å²) in [7, 11) is 1.64. The summed E-state index contributed by atoms with van der Waals surface area (Å²) in [4.78, 5) is 18.3. The van der Waals surface area contributed by atoms with Gasteiger partial charge in [0.1, 0.15) is 11.9 Å². The Morgan fingerprint density at radius 1 is 1.32 bits per heavy atom. The second-order valence-electron chi connectivity index (χ2n) is 5.13. The van der Waals surface area contributed by atoms with Crippen LogP contribution in [-0.2, 0) is 4.74 Å². The van der Waals surface area contributed by atoms with Gasteiger partial charge in [-0.15, -0.1) is 0 Å². The van der Waals surface area contributed by atoms with Gasteiger partial charge in [-0.2, -0.15) is 0 Å². The maximum absolute atomic E-state index is 12.5. The molecule has 0 aliphatic carbocycles. The third-order valence-electron chi connectivity index (χ3n) is 3.75. The van der Waals surface area contributed by atoms with E-state index in [2.05, 4.69) is 4.98 Å². The molecule has 5 nitrogen and oxygen atoms in total. The largest absolute Gasteiger partial charge is 0.497 e. The molecule has 0 radical (unpaired) electrons. The molecule has 114 valence electrons. The Morgan fingerprint density at radius 3 is 2.82 bits per heavy atom. The van der Waals surface area contributed by atoms with Gasteiger partial charge in [0.2, 0.25) is 0 Å². The minimum atomic E-state index is -0.111. The predicted molar refractivity (Wildman–Crippen MR) is 81.8 cm³/mol. The summed E-state index contributed by atoms with van der Waals surface area (Å²) in [6.45, 7) is 1.67. The zero-order valence-electron chi connectivity index (χ0n) is 12.4. The van der Waals surface area contributed by atoms with Crippen LogP contribution in [0.3, 0.4) is 0 Å². The highest BCUT2D eigenvalue weighted by Gasteiger charge is 2.26. The van der Waals surface area contributed by atoms with Gasteiger partial charge in [-0.1, -0.05) is 12.1 Å². The third-order valence-corrected chi connectivity index (χ3v) is 3.75. The lowest BCUT2D eigenvalue weighted by molar-refractivity contribution is -0.0228. The minimum absolute atomic E-state index is 0.00471. The van der Waals surface area contributed by atoms with E-state index in [1.807, 2.05) is 29.2 Å². The maximum Gasteiger partial charge on any atom is 0.255 e. The summed E-state index contributed by atoms with van der Waals surface area (Å²) >= 11 is 0. The van der Waals surface area contributed by atoms with Gasteiger partial charge in [0.25, 0.3) is 5.91 Å². The second-order valence-corrected chi connectivity index (χ2v) is 5.13. The molecule has 2 aromatic rings. The lowest BCUT2D eigenvalue weighted by Gasteiger charge is -2.33. The highest BCUT2D eigenvalue weighted by atomic mass is 16.5. The molecule has 0 N–H and O–H groups in total. The molecule has 3 rings (SSSR count). The van der Waals surface area contributed by atoms with Crippen LogP contribution in [-0.4, -0.2) is 42.6 Å². The fourth-order valence-electron chi connectivity index (χ4n) is 2.53. The number of amides is 1. The number of pyridine rings is 1. The van der Waals surface area contributed by atoms with E-state index in [9.17, 15) is 4.79 Å².